The molecule has 0 spiro atoms. The quantitative estimate of drug-likeness (QED) is 0.139. The molecule has 8 N–H and O–H groups in total. The van der Waals surface area contributed by atoms with Crippen molar-refractivity contribution in [1.29, 1.82) is 0 Å². The van der Waals surface area contributed by atoms with Gasteiger partial charge in [0.1, 0.15) is 20.9 Å². The van der Waals surface area contributed by atoms with Crippen LogP contribution in [-0.4, -0.2) is 84.2 Å². The van der Waals surface area contributed by atoms with Gasteiger partial charge >= 0.3 is 11.9 Å². The Bertz CT molecular complexity index is 1560. The van der Waals surface area contributed by atoms with E-state index in [2.05, 4.69) is 0 Å². The van der Waals surface area contributed by atoms with Crippen LogP contribution >= 0.6 is 0 Å². The number of rotatable bonds is 6. The molecule has 0 atom stereocenters. The molecule has 0 radical (unpaired) electrons. The Morgan fingerprint density at radius 1 is 0.514 bits per heavy atom. The first-order valence-corrected chi connectivity index (χ1v) is 13.8. The van der Waals surface area contributed by atoms with E-state index in [9.17, 15) is 53.5 Å². The summed E-state index contributed by atoms with van der Waals surface area (Å²) in [6, 6.07) is 1.99. The first kappa shape index (κ1) is 34.1. The first-order chi connectivity index (χ1) is 15.9. The largest absolute Gasteiger partial charge is 0.506 e. The number of carboxylic acid groups (broad SMARTS) is 2. The number of hydrogen-bond donors (Lipinski definition) is 8. The second kappa shape index (κ2) is 11.3. The van der Waals surface area contributed by atoms with Crippen LogP contribution in [-0.2, 0) is 57.5 Å². The number of aromatic hydroxyl groups is 2. The van der Waals surface area contributed by atoms with E-state index >= 15 is 0 Å². The van der Waals surface area contributed by atoms with E-state index in [4.69, 9.17) is 28.4 Å². The molecule has 0 unspecified atom stereocenters. The van der Waals surface area contributed by atoms with Crippen LogP contribution < -0.4 is 0 Å². The van der Waals surface area contributed by atoms with E-state index in [1.807, 2.05) is 0 Å². The fourth-order valence-corrected chi connectivity index (χ4v) is 6.11. The predicted octanol–water partition coefficient (Wildman–Crippen LogP) is -0.835. The third-order valence-electron chi connectivity index (χ3n) is 3.72. The van der Waals surface area contributed by atoms with Gasteiger partial charge in [-0.1, -0.05) is 0 Å². The van der Waals surface area contributed by atoms with Gasteiger partial charge in [0.2, 0.25) is 0 Å². The number of benzene rings is 2. The van der Waals surface area contributed by atoms with Gasteiger partial charge in [-0.3, -0.25) is 18.2 Å². The van der Waals surface area contributed by atoms with E-state index in [0.717, 1.165) is 0 Å². The SMILES string of the molecule is O=C(O)c1ccc(S(=O)(=O)O)c(S(=O)(=O)O)c1O.O=C(O)c1ccc(S(=O)(=O)O)c(S(=O)(=O)O)c1O.[Fe]. The third-order valence-corrected chi connectivity index (χ3v) is 7.63. The molecule has 37 heavy (non-hydrogen) atoms. The van der Waals surface area contributed by atoms with E-state index in [1.165, 1.54) is 0 Å². The number of hydrogen-bond acceptors (Lipinski definition) is 12. The van der Waals surface area contributed by atoms with Crippen molar-refractivity contribution in [3.63, 3.8) is 0 Å². The molecule has 18 nitrogen and oxygen atoms in total. The molecule has 208 valence electrons. The normalized spacial score (nSPS) is 12.0. The van der Waals surface area contributed by atoms with Crippen molar-refractivity contribution in [1.82, 2.24) is 0 Å². The zero-order chi connectivity index (χ0) is 28.6. The van der Waals surface area contributed by atoms with Gasteiger partial charge < -0.3 is 20.4 Å². The van der Waals surface area contributed by atoms with E-state index < -0.39 is 94.6 Å². The Hall–Kier alpha value is -2.86. The zero-order valence-corrected chi connectivity index (χ0v) is 21.3. The molecule has 0 aliphatic carbocycles. The van der Waals surface area contributed by atoms with Crippen molar-refractivity contribution in [3.05, 3.63) is 35.4 Å². The minimum Gasteiger partial charge on any atom is -0.506 e. The van der Waals surface area contributed by atoms with E-state index in [1.54, 1.807) is 0 Å². The van der Waals surface area contributed by atoms with Crippen LogP contribution in [0.2, 0.25) is 0 Å². The number of phenols is 2. The average molecular weight is 652 g/mol. The Balaban J connectivity index is 0.000000682. The van der Waals surface area contributed by atoms with Crippen molar-refractivity contribution in [3.8, 4) is 11.5 Å². The van der Waals surface area contributed by atoms with Crippen LogP contribution in [0.4, 0.5) is 0 Å². The minimum absolute atomic E-state index is 0. The number of carboxylic acids is 2. The summed E-state index contributed by atoms with van der Waals surface area (Å²) in [5.74, 6) is -6.47. The summed E-state index contributed by atoms with van der Waals surface area (Å²) in [5, 5.41) is 35.9. The fourth-order valence-electron chi connectivity index (χ4n) is 2.36. The summed E-state index contributed by atoms with van der Waals surface area (Å²) in [6.45, 7) is 0. The maximum atomic E-state index is 10.9. The van der Waals surface area contributed by atoms with Crippen LogP contribution in [0.1, 0.15) is 20.7 Å². The van der Waals surface area contributed by atoms with Crippen LogP contribution in [0, 0.1) is 0 Å². The molecule has 0 aromatic heterocycles. The number of carbonyl (C=O) groups is 2. The molecule has 0 bridgehead atoms. The summed E-state index contributed by atoms with van der Waals surface area (Å²) in [5.41, 5.74) is -1.90. The molecule has 0 aliphatic heterocycles. The molecule has 0 fully saturated rings. The molecule has 23 heteroatoms. The third kappa shape index (κ3) is 8.06. The smallest absolute Gasteiger partial charge is 0.339 e. The first-order valence-electron chi connectivity index (χ1n) is 8.00. The molecular weight excluding hydrogens is 640 g/mol. The van der Waals surface area contributed by atoms with Gasteiger partial charge in [-0.05, 0) is 24.3 Å². The van der Waals surface area contributed by atoms with Crippen LogP contribution in [0.25, 0.3) is 0 Å². The van der Waals surface area contributed by atoms with Crippen LogP contribution in [0.15, 0.2) is 43.8 Å². The van der Waals surface area contributed by atoms with Gasteiger partial charge in [0.15, 0.2) is 21.3 Å². The van der Waals surface area contributed by atoms with Gasteiger partial charge in [0, 0.05) is 17.1 Å². The maximum Gasteiger partial charge on any atom is 0.339 e. The van der Waals surface area contributed by atoms with Gasteiger partial charge in [0.05, 0.1) is 0 Å². The Kier molecular flexibility index (Phi) is 10.4. The van der Waals surface area contributed by atoms with Gasteiger partial charge in [-0.25, -0.2) is 9.59 Å². The summed E-state index contributed by atoms with van der Waals surface area (Å²) in [7, 11) is -20.7. The molecular formula is C14H12FeO18S4. The second-order valence-electron chi connectivity index (χ2n) is 6.09. The van der Waals surface area contributed by atoms with E-state index in [-0.39, 0.29) is 17.1 Å². The molecule has 0 amide bonds. The summed E-state index contributed by atoms with van der Waals surface area (Å²) >= 11 is 0. The Labute approximate surface area is 217 Å². The van der Waals surface area contributed by atoms with Crippen molar-refractivity contribution in [2.45, 2.75) is 19.6 Å². The van der Waals surface area contributed by atoms with E-state index in [0.29, 0.717) is 24.3 Å². The van der Waals surface area contributed by atoms with Gasteiger partial charge in [-0.15, -0.1) is 0 Å². The molecule has 0 saturated heterocycles. The topological polar surface area (TPSA) is 333 Å². The predicted molar refractivity (Wildman–Crippen MR) is 109 cm³/mol. The fraction of sp³-hybridized carbons (Fsp3) is 0. The zero-order valence-electron chi connectivity index (χ0n) is 17.0. The second-order valence-corrected chi connectivity index (χ2v) is 11.6. The molecule has 0 heterocycles. The van der Waals surface area contributed by atoms with Gasteiger partial charge in [-0.2, -0.15) is 33.7 Å². The van der Waals surface area contributed by atoms with Gasteiger partial charge in [0.25, 0.3) is 40.5 Å². The average Bonchev–Trinajstić information content (AvgIpc) is 2.63. The summed E-state index contributed by atoms with van der Waals surface area (Å²) in [4.78, 5) is 15.4. The number of aromatic carboxylic acids is 2. The minimum atomic E-state index is -5.26. The summed E-state index contributed by atoms with van der Waals surface area (Å²) in [6.07, 6.45) is 0. The van der Waals surface area contributed by atoms with Crippen LogP contribution in [0.5, 0.6) is 11.5 Å². The molecule has 2 aromatic rings. The maximum absolute atomic E-state index is 10.9. The van der Waals surface area contributed by atoms with Crippen LogP contribution in [0.3, 0.4) is 0 Å². The monoisotopic (exact) mass is 652 g/mol. The van der Waals surface area contributed by atoms with Crippen molar-refractivity contribution in [2.24, 2.45) is 0 Å². The molecule has 2 aromatic carbocycles. The van der Waals surface area contributed by atoms with Crippen molar-refractivity contribution < 1.29 is 99.0 Å². The van der Waals surface area contributed by atoms with Crippen molar-refractivity contribution >= 4 is 52.4 Å². The molecule has 0 aliphatic rings. The molecule has 2 rings (SSSR count). The summed E-state index contributed by atoms with van der Waals surface area (Å²) < 4.78 is 122. The Morgan fingerprint density at radius 3 is 0.919 bits per heavy atom. The molecule has 0 saturated carbocycles. The Morgan fingerprint density at radius 2 is 0.757 bits per heavy atom. The standard InChI is InChI=1S/2C7H6O9S2.Fe/c2*8-5-3(7(9)10)1-2-4(17(11,12)13)6(5)18(14,15)16;/h2*1-2,8H,(H,9,10)(H,11,12,13)(H,14,15,16);. The van der Waals surface area contributed by atoms with Crippen molar-refractivity contribution in [2.75, 3.05) is 0 Å².